The summed E-state index contributed by atoms with van der Waals surface area (Å²) in [5, 5.41) is 15.1. The smallest absolute Gasteiger partial charge is 0.136 e. The quantitative estimate of drug-likeness (QED) is 0.130. The van der Waals surface area contributed by atoms with E-state index in [0.29, 0.717) is 0 Å². The summed E-state index contributed by atoms with van der Waals surface area (Å²) in [7, 11) is 0. The molecule has 252 valence electrons. The van der Waals surface area contributed by atoms with Gasteiger partial charge in [0.1, 0.15) is 11.2 Å². The average molecular weight is 687 g/mol. The molecule has 0 amide bonds. The van der Waals surface area contributed by atoms with Crippen molar-refractivity contribution in [1.82, 2.24) is 0 Å². The van der Waals surface area contributed by atoms with Gasteiger partial charge in [0.25, 0.3) is 0 Å². The van der Waals surface area contributed by atoms with Crippen LogP contribution in [0.25, 0.3) is 109 Å². The Morgan fingerprint density at radius 2 is 0.907 bits per heavy atom. The summed E-state index contributed by atoms with van der Waals surface area (Å²) in [5.74, 6) is 0. The minimum Gasteiger partial charge on any atom is -0.456 e. The van der Waals surface area contributed by atoms with Crippen LogP contribution in [0.5, 0.6) is 0 Å². The number of benzene rings is 10. The monoisotopic (exact) mass is 686 g/mol. The topological polar surface area (TPSA) is 13.1 Å². The molecule has 1 aliphatic carbocycles. The molecule has 0 aliphatic heterocycles. The van der Waals surface area contributed by atoms with Gasteiger partial charge in [-0.2, -0.15) is 0 Å². The van der Waals surface area contributed by atoms with Gasteiger partial charge in [0.2, 0.25) is 0 Å². The molecule has 1 aliphatic rings. The lowest BCUT2D eigenvalue weighted by Gasteiger charge is -2.24. The lowest BCUT2D eigenvalue weighted by atomic mass is 9.79. The van der Waals surface area contributed by atoms with Crippen molar-refractivity contribution >= 4 is 75.8 Å². The highest BCUT2D eigenvalue weighted by atomic mass is 16.3. The molecule has 1 heteroatoms. The second kappa shape index (κ2) is 10.7. The maximum absolute atomic E-state index is 6.45. The largest absolute Gasteiger partial charge is 0.456 e. The molecule has 0 spiro atoms. The highest BCUT2D eigenvalue weighted by Crippen LogP contribution is 2.58. The van der Waals surface area contributed by atoms with E-state index in [2.05, 4.69) is 184 Å². The third kappa shape index (κ3) is 3.83. The fourth-order valence-electron chi connectivity index (χ4n) is 10.2. The zero-order valence-electron chi connectivity index (χ0n) is 30.1. The molecule has 1 aromatic heterocycles. The summed E-state index contributed by atoms with van der Waals surface area (Å²) >= 11 is 0. The number of fused-ring (bicyclic) bond motifs is 15. The summed E-state index contributed by atoms with van der Waals surface area (Å²) in [6, 6.07) is 62.8. The van der Waals surface area contributed by atoms with Crippen LogP contribution in [-0.4, -0.2) is 0 Å². The molecule has 10 aromatic carbocycles. The summed E-state index contributed by atoms with van der Waals surface area (Å²) in [5.41, 5.74) is 12.3. The molecular weight excluding hydrogens is 653 g/mol. The predicted molar refractivity (Wildman–Crippen MR) is 230 cm³/mol. The maximum Gasteiger partial charge on any atom is 0.136 e. The van der Waals surface area contributed by atoms with Crippen molar-refractivity contribution in [3.63, 3.8) is 0 Å². The van der Waals surface area contributed by atoms with Crippen LogP contribution in [-0.2, 0) is 5.41 Å². The van der Waals surface area contributed by atoms with Crippen LogP contribution in [0, 0.1) is 0 Å². The summed E-state index contributed by atoms with van der Waals surface area (Å²) in [6.45, 7) is 4.84. The van der Waals surface area contributed by atoms with Crippen molar-refractivity contribution < 1.29 is 4.42 Å². The molecule has 0 saturated carbocycles. The van der Waals surface area contributed by atoms with Crippen molar-refractivity contribution in [1.29, 1.82) is 0 Å². The van der Waals surface area contributed by atoms with Gasteiger partial charge in [0.15, 0.2) is 0 Å². The second-order valence-electron chi connectivity index (χ2n) is 15.5. The van der Waals surface area contributed by atoms with E-state index in [1.165, 1.54) is 104 Å². The fourth-order valence-corrected chi connectivity index (χ4v) is 10.2. The van der Waals surface area contributed by atoms with E-state index < -0.39 is 0 Å². The molecule has 0 fully saturated rings. The van der Waals surface area contributed by atoms with E-state index in [1.54, 1.807) is 0 Å². The van der Waals surface area contributed by atoms with Crippen molar-refractivity contribution in [2.24, 2.45) is 0 Å². The van der Waals surface area contributed by atoms with E-state index in [0.717, 1.165) is 16.6 Å². The zero-order chi connectivity index (χ0) is 35.7. The van der Waals surface area contributed by atoms with Crippen molar-refractivity contribution in [2.45, 2.75) is 19.3 Å². The van der Waals surface area contributed by atoms with Gasteiger partial charge in [-0.15, -0.1) is 0 Å². The lowest BCUT2D eigenvalue weighted by Crippen LogP contribution is -2.15. The van der Waals surface area contributed by atoms with E-state index in [-0.39, 0.29) is 5.41 Å². The number of rotatable bonds is 2. The van der Waals surface area contributed by atoms with Gasteiger partial charge >= 0.3 is 0 Å². The third-order valence-electron chi connectivity index (χ3n) is 12.4. The van der Waals surface area contributed by atoms with Gasteiger partial charge < -0.3 is 4.42 Å². The van der Waals surface area contributed by atoms with Crippen LogP contribution >= 0.6 is 0 Å². The van der Waals surface area contributed by atoms with E-state index in [9.17, 15) is 0 Å². The first kappa shape index (κ1) is 29.8. The minimum absolute atomic E-state index is 0.178. The van der Waals surface area contributed by atoms with Crippen LogP contribution < -0.4 is 0 Å². The molecule has 12 rings (SSSR count). The Kier molecular flexibility index (Phi) is 5.90. The van der Waals surface area contributed by atoms with Gasteiger partial charge in [-0.25, -0.2) is 0 Å². The molecule has 0 N–H and O–H groups in total. The van der Waals surface area contributed by atoms with Gasteiger partial charge in [0, 0.05) is 16.2 Å². The lowest BCUT2D eigenvalue weighted by molar-refractivity contribution is 0.666. The number of furan rings is 1. The minimum atomic E-state index is -0.178. The Balaban J connectivity index is 1.20. The van der Waals surface area contributed by atoms with Crippen LogP contribution in [0.4, 0.5) is 0 Å². The van der Waals surface area contributed by atoms with Crippen LogP contribution in [0.3, 0.4) is 0 Å². The van der Waals surface area contributed by atoms with Crippen LogP contribution in [0.1, 0.15) is 25.0 Å². The Morgan fingerprint density at radius 3 is 1.59 bits per heavy atom. The van der Waals surface area contributed by atoms with Gasteiger partial charge in [-0.05, 0) is 117 Å². The number of hydrogen-bond donors (Lipinski definition) is 0. The maximum atomic E-state index is 6.45. The average Bonchev–Trinajstić information content (AvgIpc) is 3.72. The summed E-state index contributed by atoms with van der Waals surface area (Å²) in [4.78, 5) is 0. The molecule has 1 nitrogen and oxygen atoms in total. The second-order valence-corrected chi connectivity index (χ2v) is 15.5. The highest BCUT2D eigenvalue weighted by Gasteiger charge is 2.40. The molecule has 0 bridgehead atoms. The Morgan fingerprint density at radius 1 is 0.370 bits per heavy atom. The first-order valence-corrected chi connectivity index (χ1v) is 18.9. The first-order chi connectivity index (χ1) is 26.6. The molecule has 11 aromatic rings. The molecule has 54 heavy (non-hydrogen) atoms. The molecule has 0 unspecified atom stereocenters. The highest BCUT2D eigenvalue weighted by molar-refractivity contribution is 6.26. The van der Waals surface area contributed by atoms with Crippen LogP contribution in [0.15, 0.2) is 174 Å². The molecule has 0 radical (unpaired) electrons. The third-order valence-corrected chi connectivity index (χ3v) is 12.4. The van der Waals surface area contributed by atoms with Crippen LogP contribution in [0.2, 0.25) is 0 Å². The van der Waals surface area contributed by atoms with Gasteiger partial charge in [-0.1, -0.05) is 166 Å². The molecule has 0 saturated heterocycles. The SMILES string of the molecule is CC1(C)c2cccc(-c3c4ccccc4c(-c4ccc5oc6ccc7ccccc7c6c5c4)c4ccccc34)c2-c2c1c1ccccc1c1ccccc21. The fraction of sp³-hybridized carbons (Fsp3) is 0.0566. The summed E-state index contributed by atoms with van der Waals surface area (Å²) < 4.78 is 6.45. The Hall–Kier alpha value is -6.70. The zero-order valence-corrected chi connectivity index (χ0v) is 30.1. The van der Waals surface area contributed by atoms with E-state index >= 15 is 0 Å². The molecule has 0 atom stereocenters. The van der Waals surface area contributed by atoms with E-state index in [4.69, 9.17) is 4.42 Å². The Labute approximate surface area is 312 Å². The van der Waals surface area contributed by atoms with Crippen molar-refractivity contribution in [3.05, 3.63) is 181 Å². The van der Waals surface area contributed by atoms with E-state index in [1.807, 2.05) is 0 Å². The van der Waals surface area contributed by atoms with Crippen molar-refractivity contribution in [2.75, 3.05) is 0 Å². The normalized spacial score (nSPS) is 13.5. The predicted octanol–water partition coefficient (Wildman–Crippen LogP) is 15.0. The number of hydrogen-bond acceptors (Lipinski definition) is 1. The van der Waals surface area contributed by atoms with Gasteiger partial charge in [0.05, 0.1) is 0 Å². The molecular formula is C53H34O. The Bertz CT molecular complexity index is 3350. The van der Waals surface area contributed by atoms with Gasteiger partial charge in [-0.3, -0.25) is 0 Å². The standard InChI is InChI=1S/C53H34O/c1-53(2)44-25-13-24-42(50(44)51-36-18-7-5-16-34(36)35-17-6-12-23-41(35)52(51)53)48-39-21-10-8-19-37(39)47(38-20-9-11-22-40(38)48)32-27-28-45-43(30-32)49-33-15-4-3-14-31(33)26-29-46(49)54-45/h3-30H,1-2H3. The molecule has 1 heterocycles. The van der Waals surface area contributed by atoms with Crippen molar-refractivity contribution in [3.8, 4) is 33.4 Å². The summed E-state index contributed by atoms with van der Waals surface area (Å²) in [6.07, 6.45) is 0. The first-order valence-electron chi connectivity index (χ1n) is 18.9.